The summed E-state index contributed by atoms with van der Waals surface area (Å²) >= 11 is 0. The van der Waals surface area contributed by atoms with Gasteiger partial charge in [-0.1, -0.05) is 38.1 Å². The highest BCUT2D eigenvalue weighted by molar-refractivity contribution is 5.95. The van der Waals surface area contributed by atoms with E-state index in [1.165, 1.54) is 0 Å². The van der Waals surface area contributed by atoms with Crippen LogP contribution in [0.4, 0.5) is 0 Å². The second-order valence-corrected chi connectivity index (χ2v) is 11.5. The number of carbonyl (C=O) groups excluding carboxylic acids is 4. The van der Waals surface area contributed by atoms with Gasteiger partial charge in [-0.25, -0.2) is 0 Å². The summed E-state index contributed by atoms with van der Waals surface area (Å²) in [5, 5.41) is 38.6. The number of amidine groups is 1. The average Bonchev–Trinajstić information content (AvgIpc) is 3.01. The van der Waals surface area contributed by atoms with Crippen molar-refractivity contribution in [2.45, 2.75) is 83.5 Å². The topological polar surface area (TPSA) is 316 Å². The standard InChI is InChI=1S/C30H53N13O4/c1-18(2)24(43-27(46)22(8-6-16-39-30(36)37)41-23(44)9-3-4-14-31)28(47)42-21(7-5-15-38-29(34)35)26(45)40-17-19-10-12-20(13-11-19)25(32)33/h10-13,18,21-22,24H,3-9,14-17,31H2,1-2H3,(H3,32,33)(H,40,45)(H,41,44)(H,42,47)(H,43,46)(H4,34,35,38)(H4,36,37,39)/t21-,22-,24?/m0/s1. The molecule has 3 atom stereocenters. The van der Waals surface area contributed by atoms with Crippen LogP contribution < -0.4 is 54.8 Å². The van der Waals surface area contributed by atoms with Gasteiger partial charge < -0.3 is 54.8 Å². The summed E-state index contributed by atoms with van der Waals surface area (Å²) < 4.78 is 0. The quantitative estimate of drug-likeness (QED) is 0.0382. The molecule has 1 rings (SSSR count). The Hall–Kier alpha value is -4.93. The lowest BCUT2D eigenvalue weighted by Crippen LogP contribution is -2.58. The smallest absolute Gasteiger partial charge is 0.243 e. The molecular formula is C30H53N13O4. The van der Waals surface area contributed by atoms with Gasteiger partial charge in [-0.15, -0.1) is 0 Å². The fourth-order valence-electron chi connectivity index (χ4n) is 4.46. The molecule has 47 heavy (non-hydrogen) atoms. The van der Waals surface area contributed by atoms with Crippen molar-refractivity contribution < 1.29 is 19.2 Å². The molecule has 0 heterocycles. The van der Waals surface area contributed by atoms with Crippen LogP contribution in [-0.4, -0.2) is 79.1 Å². The largest absolute Gasteiger partial charge is 0.384 e. The van der Waals surface area contributed by atoms with Crippen LogP contribution in [0.5, 0.6) is 0 Å². The van der Waals surface area contributed by atoms with Gasteiger partial charge in [-0.2, -0.15) is 0 Å². The van der Waals surface area contributed by atoms with Gasteiger partial charge in [0, 0.05) is 31.6 Å². The molecule has 0 aromatic heterocycles. The van der Waals surface area contributed by atoms with E-state index in [1.807, 2.05) is 0 Å². The van der Waals surface area contributed by atoms with Crippen LogP contribution in [0.3, 0.4) is 0 Å². The SMILES string of the molecule is CC(C)C(NC(=O)[C@H](CCCNC(=N)N)NC(=O)CCCCN)C(=O)N[C@@H](CCCNC(=N)N)C(=O)NCc1ccc(C(=N)N)cc1. The highest BCUT2D eigenvalue weighted by atomic mass is 16.2. The van der Waals surface area contributed by atoms with Crippen molar-refractivity contribution in [2.75, 3.05) is 19.6 Å². The first-order valence-electron chi connectivity index (χ1n) is 15.7. The third-order valence-corrected chi connectivity index (χ3v) is 7.09. The predicted octanol–water partition coefficient (Wildman–Crippen LogP) is -1.65. The number of hydrogen-bond acceptors (Lipinski definition) is 8. The second kappa shape index (κ2) is 21.7. The van der Waals surface area contributed by atoms with E-state index < -0.39 is 35.8 Å². The zero-order valence-electron chi connectivity index (χ0n) is 27.3. The third-order valence-electron chi connectivity index (χ3n) is 7.09. The molecule has 0 aliphatic carbocycles. The van der Waals surface area contributed by atoms with E-state index in [0.29, 0.717) is 50.9 Å². The first-order chi connectivity index (χ1) is 22.2. The number of rotatable bonds is 22. The minimum Gasteiger partial charge on any atom is -0.384 e. The van der Waals surface area contributed by atoms with Crippen molar-refractivity contribution in [3.63, 3.8) is 0 Å². The van der Waals surface area contributed by atoms with Gasteiger partial charge in [0.1, 0.15) is 24.0 Å². The van der Waals surface area contributed by atoms with E-state index in [9.17, 15) is 19.2 Å². The number of amides is 4. The molecule has 17 N–H and O–H groups in total. The first kappa shape index (κ1) is 40.1. The van der Waals surface area contributed by atoms with Gasteiger partial charge in [0.2, 0.25) is 23.6 Å². The Balaban J connectivity index is 3.03. The molecular weight excluding hydrogens is 606 g/mol. The number of guanidine groups is 2. The molecule has 0 bridgehead atoms. The maximum Gasteiger partial charge on any atom is 0.243 e. The zero-order valence-corrected chi connectivity index (χ0v) is 27.3. The molecule has 1 aromatic rings. The Morgan fingerprint density at radius 2 is 1.26 bits per heavy atom. The molecule has 0 spiro atoms. The second-order valence-electron chi connectivity index (χ2n) is 11.5. The van der Waals surface area contributed by atoms with Crippen molar-refractivity contribution in [1.29, 1.82) is 16.2 Å². The summed E-state index contributed by atoms with van der Waals surface area (Å²) in [6.45, 7) is 4.71. The minimum absolute atomic E-state index is 0.0736. The third kappa shape index (κ3) is 16.8. The molecule has 0 fully saturated rings. The van der Waals surface area contributed by atoms with Crippen LogP contribution in [-0.2, 0) is 25.7 Å². The lowest BCUT2D eigenvalue weighted by atomic mass is 10.0. The number of carbonyl (C=O) groups is 4. The van der Waals surface area contributed by atoms with Gasteiger partial charge >= 0.3 is 0 Å². The van der Waals surface area contributed by atoms with E-state index in [1.54, 1.807) is 38.1 Å². The molecule has 0 saturated carbocycles. The highest BCUT2D eigenvalue weighted by Gasteiger charge is 2.31. The normalized spacial score (nSPS) is 12.6. The van der Waals surface area contributed by atoms with E-state index in [4.69, 9.17) is 39.2 Å². The van der Waals surface area contributed by atoms with Crippen LogP contribution in [0.15, 0.2) is 24.3 Å². The van der Waals surface area contributed by atoms with Crippen molar-refractivity contribution in [1.82, 2.24) is 31.9 Å². The summed E-state index contributed by atoms with van der Waals surface area (Å²) in [5.74, 6) is -2.79. The van der Waals surface area contributed by atoms with Gasteiger partial charge in [-0.3, -0.25) is 35.4 Å². The van der Waals surface area contributed by atoms with Crippen molar-refractivity contribution in [3.8, 4) is 0 Å². The van der Waals surface area contributed by atoms with E-state index >= 15 is 0 Å². The number of nitrogen functional groups attached to an aromatic ring is 1. The number of hydrogen-bond donors (Lipinski definition) is 13. The maximum atomic E-state index is 13.6. The van der Waals surface area contributed by atoms with Crippen molar-refractivity contribution >= 4 is 41.4 Å². The van der Waals surface area contributed by atoms with Gasteiger partial charge in [0.25, 0.3) is 0 Å². The Morgan fingerprint density at radius 1 is 0.702 bits per heavy atom. The Morgan fingerprint density at radius 3 is 1.74 bits per heavy atom. The molecule has 262 valence electrons. The Bertz CT molecular complexity index is 1210. The lowest BCUT2D eigenvalue weighted by molar-refractivity contribution is -0.134. The monoisotopic (exact) mass is 659 g/mol. The molecule has 1 unspecified atom stereocenters. The fraction of sp³-hybridized carbons (Fsp3) is 0.567. The van der Waals surface area contributed by atoms with Crippen LogP contribution in [0, 0.1) is 22.1 Å². The molecule has 17 nitrogen and oxygen atoms in total. The van der Waals surface area contributed by atoms with Crippen LogP contribution in [0.1, 0.15) is 69.9 Å². The molecule has 17 heteroatoms. The average molecular weight is 660 g/mol. The van der Waals surface area contributed by atoms with E-state index in [2.05, 4.69) is 31.9 Å². The fourth-order valence-corrected chi connectivity index (χ4v) is 4.46. The molecule has 0 saturated heterocycles. The Labute approximate surface area is 276 Å². The van der Waals surface area contributed by atoms with Gasteiger partial charge in [0.05, 0.1) is 0 Å². The highest BCUT2D eigenvalue weighted by Crippen LogP contribution is 2.09. The zero-order chi connectivity index (χ0) is 35.4. The Kier molecular flexibility index (Phi) is 18.5. The van der Waals surface area contributed by atoms with Crippen molar-refractivity contribution in [2.24, 2.45) is 28.9 Å². The summed E-state index contributed by atoms with van der Waals surface area (Å²) in [6, 6.07) is 3.85. The lowest BCUT2D eigenvalue weighted by Gasteiger charge is -2.27. The maximum absolute atomic E-state index is 13.6. The summed E-state index contributed by atoms with van der Waals surface area (Å²) in [7, 11) is 0. The summed E-state index contributed by atoms with van der Waals surface area (Å²) in [4.78, 5) is 52.8. The van der Waals surface area contributed by atoms with Crippen LogP contribution >= 0.6 is 0 Å². The summed E-state index contributed by atoms with van der Waals surface area (Å²) in [6.07, 6.45) is 2.66. The number of benzene rings is 1. The van der Waals surface area contributed by atoms with Gasteiger partial charge in [-0.05, 0) is 56.6 Å². The van der Waals surface area contributed by atoms with Crippen molar-refractivity contribution in [3.05, 3.63) is 35.4 Å². The molecule has 4 amide bonds. The van der Waals surface area contributed by atoms with Crippen LogP contribution in [0.25, 0.3) is 0 Å². The van der Waals surface area contributed by atoms with E-state index in [-0.39, 0.29) is 55.4 Å². The number of unbranched alkanes of at least 4 members (excludes halogenated alkanes) is 1. The molecule has 0 aliphatic rings. The van der Waals surface area contributed by atoms with Crippen LogP contribution in [0.2, 0.25) is 0 Å². The first-order valence-corrected chi connectivity index (χ1v) is 15.7. The number of nitrogens with one attached hydrogen (secondary N) is 9. The predicted molar refractivity (Wildman–Crippen MR) is 181 cm³/mol. The summed E-state index contributed by atoms with van der Waals surface area (Å²) in [5.41, 5.74) is 23.0. The minimum atomic E-state index is -1.03. The molecule has 0 radical (unpaired) electrons. The molecule has 0 aliphatic heterocycles. The van der Waals surface area contributed by atoms with E-state index in [0.717, 1.165) is 5.56 Å². The van der Waals surface area contributed by atoms with Gasteiger partial charge in [0.15, 0.2) is 11.9 Å². The number of nitrogens with two attached hydrogens (primary N) is 4. The molecule has 1 aromatic carbocycles.